The zero-order chi connectivity index (χ0) is 34.4. The van der Waals surface area contributed by atoms with Crippen LogP contribution in [0.5, 0.6) is 0 Å². The van der Waals surface area contributed by atoms with Crippen molar-refractivity contribution >= 4 is 40.5 Å². The minimum absolute atomic E-state index is 0.0453. The summed E-state index contributed by atoms with van der Waals surface area (Å²) < 4.78 is 0. The van der Waals surface area contributed by atoms with Gasteiger partial charge in [-0.1, -0.05) is 67.5 Å². The van der Waals surface area contributed by atoms with Crippen LogP contribution in [0.2, 0.25) is 0 Å². The van der Waals surface area contributed by atoms with Crippen molar-refractivity contribution in [3.8, 4) is 0 Å². The molecule has 4 heterocycles. The minimum Gasteiger partial charge on any atom is -0.486 e. The number of aliphatic carboxylic acids is 1. The van der Waals surface area contributed by atoms with E-state index in [1.54, 1.807) is 0 Å². The van der Waals surface area contributed by atoms with Crippen molar-refractivity contribution in [3.05, 3.63) is 93.5 Å². The molecule has 0 saturated carbocycles. The second-order valence-corrected chi connectivity index (χ2v) is 17.2. The van der Waals surface area contributed by atoms with Crippen molar-refractivity contribution in [2.45, 2.75) is 103 Å². The maximum absolute atomic E-state index is 11.6. The van der Waals surface area contributed by atoms with Gasteiger partial charge >= 0.3 is 5.97 Å². The third-order valence-electron chi connectivity index (χ3n) is 12.1. The first-order valence-corrected chi connectivity index (χ1v) is 17.6. The van der Waals surface area contributed by atoms with Crippen LogP contribution in [0.3, 0.4) is 0 Å². The summed E-state index contributed by atoms with van der Waals surface area (Å²) >= 11 is 0. The van der Waals surface area contributed by atoms with E-state index >= 15 is 0 Å². The highest BCUT2D eigenvalue weighted by molar-refractivity contribution is 5.94. The van der Waals surface area contributed by atoms with Crippen LogP contribution >= 0.6 is 0 Å². The number of benzene rings is 3. The Morgan fingerprint density at radius 2 is 1.02 bits per heavy atom. The van der Waals surface area contributed by atoms with Crippen molar-refractivity contribution < 1.29 is 9.90 Å². The lowest BCUT2D eigenvalue weighted by molar-refractivity contribution is -0.132. The van der Waals surface area contributed by atoms with E-state index < -0.39 is 5.97 Å². The Morgan fingerprint density at radius 1 is 0.667 bits per heavy atom. The number of carboxylic acid groups (broad SMARTS) is 1. The van der Waals surface area contributed by atoms with Crippen LogP contribution in [0, 0.1) is 6.57 Å². The second kappa shape index (κ2) is 10.9. The Labute approximate surface area is 286 Å². The smallest absolute Gasteiger partial charge is 0.333 e. The van der Waals surface area contributed by atoms with E-state index in [0.29, 0.717) is 5.56 Å². The molecule has 0 saturated heterocycles. The first-order chi connectivity index (χ1) is 22.5. The molecule has 0 atom stereocenters. The lowest BCUT2D eigenvalue weighted by Gasteiger charge is -2.49. The number of hydrogen-bond donors (Lipinski definition) is 1. The topological polar surface area (TPSA) is 51.4 Å². The van der Waals surface area contributed by atoms with Crippen molar-refractivity contribution in [2.24, 2.45) is 0 Å². The molecule has 48 heavy (non-hydrogen) atoms. The molecular weight excluding hydrogens is 592 g/mol. The highest BCUT2D eigenvalue weighted by atomic mass is 16.4. The van der Waals surface area contributed by atoms with Crippen LogP contribution in [0.1, 0.15) is 109 Å². The fourth-order valence-corrected chi connectivity index (χ4v) is 8.58. The van der Waals surface area contributed by atoms with Crippen molar-refractivity contribution in [3.63, 3.8) is 0 Å². The number of nitrogens with zero attached hydrogens (tertiary/aromatic N) is 4. The van der Waals surface area contributed by atoms with Gasteiger partial charge in [-0.05, 0) is 118 Å². The van der Waals surface area contributed by atoms with E-state index in [-0.39, 0.29) is 27.4 Å². The van der Waals surface area contributed by atoms with E-state index in [1.165, 1.54) is 39.7 Å². The molecule has 1 N–H and O–H groups in total. The molecule has 0 spiro atoms. The summed E-state index contributed by atoms with van der Waals surface area (Å²) in [7, 11) is 0. The van der Waals surface area contributed by atoms with Crippen molar-refractivity contribution in [1.82, 2.24) is 0 Å². The molecule has 4 aliphatic heterocycles. The molecule has 0 unspecified atom stereocenters. The molecule has 0 aromatic heterocycles. The van der Waals surface area contributed by atoms with Gasteiger partial charge in [0.1, 0.15) is 0 Å². The summed E-state index contributed by atoms with van der Waals surface area (Å²) in [6.07, 6.45) is 5.95. The van der Waals surface area contributed by atoms with Gasteiger partial charge in [0, 0.05) is 54.6 Å². The minimum atomic E-state index is -1.21. The fourth-order valence-electron chi connectivity index (χ4n) is 8.58. The van der Waals surface area contributed by atoms with E-state index in [4.69, 9.17) is 6.57 Å². The first-order valence-electron chi connectivity index (χ1n) is 17.6. The lowest BCUT2D eigenvalue weighted by atomic mass is 9.69. The Bertz CT molecular complexity index is 1710. The zero-order valence-corrected chi connectivity index (χ0v) is 30.0. The Balaban J connectivity index is 1.50. The van der Waals surface area contributed by atoms with Gasteiger partial charge in [-0.15, -0.1) is 0 Å². The number of rotatable bonds is 5. The fraction of sp³-hybridized carbons (Fsp3) is 0.476. The largest absolute Gasteiger partial charge is 0.486 e. The molecule has 0 aliphatic carbocycles. The molecule has 6 nitrogen and oxygen atoms in total. The highest BCUT2D eigenvalue weighted by Crippen LogP contribution is 2.54. The molecule has 4 aliphatic rings. The molecule has 7 rings (SSSR count). The van der Waals surface area contributed by atoms with Gasteiger partial charge in [0.25, 0.3) is 5.70 Å². The van der Waals surface area contributed by atoms with Gasteiger partial charge in [0.05, 0.1) is 6.57 Å². The van der Waals surface area contributed by atoms with Gasteiger partial charge < -0.3 is 19.8 Å². The Morgan fingerprint density at radius 3 is 1.33 bits per heavy atom. The summed E-state index contributed by atoms with van der Waals surface area (Å²) in [5.74, 6) is -1.21. The lowest BCUT2D eigenvalue weighted by Crippen LogP contribution is -2.45. The average molecular weight is 643 g/mol. The van der Waals surface area contributed by atoms with Crippen LogP contribution in [-0.2, 0) is 26.5 Å². The summed E-state index contributed by atoms with van der Waals surface area (Å²) in [5, 5.41) is 9.49. The number of hydrogen-bond acceptors (Lipinski definition) is 4. The average Bonchev–Trinajstić information content (AvgIpc) is 3.02. The molecule has 0 radical (unpaired) electrons. The quantitative estimate of drug-likeness (QED) is 0.222. The Kier molecular flexibility index (Phi) is 7.33. The van der Waals surface area contributed by atoms with Gasteiger partial charge in [0.2, 0.25) is 0 Å². The summed E-state index contributed by atoms with van der Waals surface area (Å²) in [5.41, 5.74) is 12.5. The molecule has 3 aromatic carbocycles. The molecular formula is C42H50N4O2. The molecule has 250 valence electrons. The first kappa shape index (κ1) is 32.3. The van der Waals surface area contributed by atoms with Gasteiger partial charge in [-0.2, -0.15) is 0 Å². The van der Waals surface area contributed by atoms with Gasteiger partial charge in [0.15, 0.2) is 0 Å². The maximum Gasteiger partial charge on any atom is 0.333 e. The summed E-state index contributed by atoms with van der Waals surface area (Å²) in [6, 6.07) is 17.8. The van der Waals surface area contributed by atoms with Crippen LogP contribution in [0.15, 0.2) is 54.2 Å². The molecule has 6 heteroatoms. The van der Waals surface area contributed by atoms with Gasteiger partial charge in [-0.25, -0.2) is 4.85 Å². The SMILES string of the molecule is [C-]#[N+]/C(=C\c1ccc(N(c2cc3c4c(c2)C(C)(C)CCN4CCC3(C)C)c2cc3c4c(c2)C(C)(C)CCN4CCC3(C)C)cc1)C(=O)O. The van der Waals surface area contributed by atoms with Crippen LogP contribution in [-0.4, -0.2) is 37.3 Å². The highest BCUT2D eigenvalue weighted by Gasteiger charge is 2.43. The van der Waals surface area contributed by atoms with Crippen LogP contribution in [0.4, 0.5) is 28.4 Å². The third-order valence-corrected chi connectivity index (χ3v) is 12.1. The van der Waals surface area contributed by atoms with Gasteiger partial charge in [-0.3, -0.25) is 4.79 Å². The standard InChI is InChI=1S/C42H50N4O2/c1-39(2)14-18-44-19-15-40(3,4)32-24-29(23-31(39)36(32)44)46(28-12-10-27(11-13-28)22-35(43-9)38(47)48)30-25-33-37-34(26-30)42(7,8)17-21-45(37)20-16-41(33,5)6/h10-13,22-26H,14-21H2,1-8H3,(H,47,48)/b35-22-. The van der Waals surface area contributed by atoms with E-state index in [9.17, 15) is 9.90 Å². The monoisotopic (exact) mass is 642 g/mol. The predicted octanol–water partition coefficient (Wildman–Crippen LogP) is 9.84. The molecule has 0 amide bonds. The summed E-state index contributed by atoms with van der Waals surface area (Å²) in [4.78, 5) is 22.5. The predicted molar refractivity (Wildman–Crippen MR) is 198 cm³/mol. The maximum atomic E-state index is 11.6. The number of carbonyl (C=O) groups is 1. The van der Waals surface area contributed by atoms with Crippen molar-refractivity contribution in [2.75, 3.05) is 40.9 Å². The van der Waals surface area contributed by atoms with Crippen LogP contribution < -0.4 is 14.7 Å². The third kappa shape index (κ3) is 5.18. The normalized spacial score (nSPS) is 21.1. The number of anilines is 5. The zero-order valence-electron chi connectivity index (χ0n) is 30.0. The van der Waals surface area contributed by atoms with Crippen molar-refractivity contribution in [1.29, 1.82) is 0 Å². The molecule has 0 bridgehead atoms. The van der Waals surface area contributed by atoms with E-state index in [2.05, 4.69) is 111 Å². The number of carboxylic acids is 1. The van der Waals surface area contributed by atoms with Crippen LogP contribution in [0.25, 0.3) is 10.9 Å². The van der Waals surface area contributed by atoms with E-state index in [1.807, 2.05) is 12.1 Å². The molecule has 0 fully saturated rings. The summed E-state index contributed by atoms with van der Waals surface area (Å²) in [6.45, 7) is 30.9. The van der Waals surface area contributed by atoms with E-state index in [0.717, 1.165) is 68.9 Å². The molecule has 3 aromatic rings. The Hall–Kier alpha value is -4.24. The second-order valence-electron chi connectivity index (χ2n) is 17.2.